The average molecular weight is 467 g/mol. The van der Waals surface area contributed by atoms with Crippen LogP contribution in [0.3, 0.4) is 0 Å². The number of fused-ring (bicyclic) bond motifs is 1. The molecule has 3 aliphatic heterocycles. The number of thiazole rings is 1. The molecule has 1 aromatic carbocycles. The molecule has 4 heterocycles. The van der Waals surface area contributed by atoms with Gasteiger partial charge in [0.15, 0.2) is 0 Å². The predicted octanol–water partition coefficient (Wildman–Crippen LogP) is 4.12. The minimum Gasteiger partial charge on any atom is -0.370 e. The summed E-state index contributed by atoms with van der Waals surface area (Å²) < 4.78 is 0. The summed E-state index contributed by atoms with van der Waals surface area (Å²) in [4.78, 5) is 49.8. The van der Waals surface area contributed by atoms with Gasteiger partial charge >= 0.3 is 0 Å². The van der Waals surface area contributed by atoms with E-state index < -0.39 is 6.04 Å². The first-order chi connectivity index (χ1) is 16.1. The monoisotopic (exact) mass is 466 g/mol. The van der Waals surface area contributed by atoms with Gasteiger partial charge < -0.3 is 9.80 Å². The molecule has 3 aliphatic rings. The van der Waals surface area contributed by atoms with Crippen LogP contribution in [0.25, 0.3) is 0 Å². The molecule has 0 unspecified atom stereocenters. The Kier molecular flexibility index (Phi) is 6.19. The zero-order valence-corrected chi connectivity index (χ0v) is 19.9. The largest absolute Gasteiger partial charge is 0.370 e. The third-order valence-electron chi connectivity index (χ3n) is 7.15. The van der Waals surface area contributed by atoms with Gasteiger partial charge in [-0.25, -0.2) is 4.98 Å². The van der Waals surface area contributed by atoms with E-state index in [1.54, 1.807) is 12.3 Å². The van der Waals surface area contributed by atoms with Gasteiger partial charge in [0.2, 0.25) is 5.91 Å². The Bertz CT molecular complexity index is 1050. The number of likely N-dealkylation sites (tertiary alicyclic amines) is 1. The Morgan fingerprint density at radius 1 is 1.06 bits per heavy atom. The lowest BCUT2D eigenvalue weighted by Gasteiger charge is -2.36. The number of benzene rings is 1. The van der Waals surface area contributed by atoms with Crippen molar-refractivity contribution in [3.63, 3.8) is 0 Å². The lowest BCUT2D eigenvalue weighted by atomic mass is 9.94. The van der Waals surface area contributed by atoms with Crippen molar-refractivity contribution in [2.75, 3.05) is 31.1 Å². The molecule has 0 N–H and O–H groups in total. The second-order valence-electron chi connectivity index (χ2n) is 9.25. The fraction of sp³-hybridized carbons (Fsp3) is 0.520. The van der Waals surface area contributed by atoms with Crippen LogP contribution >= 0.6 is 11.3 Å². The number of aromatic nitrogens is 1. The molecule has 0 bridgehead atoms. The number of imide groups is 1. The number of hydrogen-bond donors (Lipinski definition) is 0. The van der Waals surface area contributed by atoms with E-state index in [9.17, 15) is 14.4 Å². The zero-order chi connectivity index (χ0) is 22.9. The lowest BCUT2D eigenvalue weighted by molar-refractivity contribution is -0.135. The molecular weight excluding hydrogens is 436 g/mol. The van der Waals surface area contributed by atoms with Crippen LogP contribution in [0.1, 0.15) is 77.2 Å². The van der Waals surface area contributed by atoms with Crippen molar-refractivity contribution in [3.05, 3.63) is 45.9 Å². The van der Waals surface area contributed by atoms with Crippen LogP contribution < -0.4 is 4.90 Å². The van der Waals surface area contributed by atoms with Gasteiger partial charge in [-0.15, -0.1) is 11.3 Å². The van der Waals surface area contributed by atoms with Gasteiger partial charge in [0.1, 0.15) is 5.01 Å². The summed E-state index contributed by atoms with van der Waals surface area (Å²) in [7, 11) is 0. The van der Waals surface area contributed by atoms with Crippen molar-refractivity contribution in [2.24, 2.45) is 5.92 Å². The van der Waals surface area contributed by atoms with Crippen LogP contribution in [-0.2, 0) is 4.79 Å². The SMILES string of the molecule is C[C@@H](c1nccs1)N1C(=O)c2cccc(N3CCC[C@@H](C(=O)N4CCCCCC4)C3)c2C1=O. The van der Waals surface area contributed by atoms with E-state index >= 15 is 0 Å². The van der Waals surface area contributed by atoms with Gasteiger partial charge in [-0.05, 0) is 44.7 Å². The van der Waals surface area contributed by atoms with Gasteiger partial charge in [-0.1, -0.05) is 18.9 Å². The Hall–Kier alpha value is -2.74. The standard InChI is InChI=1S/C25H30N4O3S/c1-17(22-26-11-15-33-22)29-24(31)19-9-6-10-20(21(19)25(29)32)28-14-7-8-18(16-28)23(30)27-12-4-2-3-5-13-27/h6,9-11,15,17-18H,2-5,7-8,12-14,16H2,1H3/t17-,18+/m0/s1. The minimum atomic E-state index is -0.413. The van der Waals surface area contributed by atoms with Gasteiger partial charge in [0.05, 0.1) is 28.8 Å². The van der Waals surface area contributed by atoms with Crippen LogP contribution in [0.15, 0.2) is 29.8 Å². The maximum absolute atomic E-state index is 13.5. The maximum Gasteiger partial charge on any atom is 0.264 e. The van der Waals surface area contributed by atoms with E-state index in [-0.39, 0.29) is 23.6 Å². The first kappa shape index (κ1) is 22.1. The fourth-order valence-electron chi connectivity index (χ4n) is 5.40. The molecule has 174 valence electrons. The molecule has 2 saturated heterocycles. The summed E-state index contributed by atoms with van der Waals surface area (Å²) in [6.45, 7) is 4.93. The molecule has 33 heavy (non-hydrogen) atoms. The number of nitrogens with zero attached hydrogens (tertiary/aromatic N) is 4. The smallest absolute Gasteiger partial charge is 0.264 e. The highest BCUT2D eigenvalue weighted by molar-refractivity contribution is 7.09. The van der Waals surface area contributed by atoms with E-state index in [4.69, 9.17) is 0 Å². The second-order valence-corrected chi connectivity index (χ2v) is 10.2. The molecule has 8 heteroatoms. The first-order valence-electron chi connectivity index (χ1n) is 12.0. The summed E-state index contributed by atoms with van der Waals surface area (Å²) in [5.74, 6) is -0.358. The van der Waals surface area contributed by atoms with Crippen molar-refractivity contribution in [2.45, 2.75) is 51.5 Å². The molecule has 0 radical (unpaired) electrons. The lowest BCUT2D eigenvalue weighted by Crippen LogP contribution is -2.45. The molecule has 7 nitrogen and oxygen atoms in total. The number of carbonyl (C=O) groups excluding carboxylic acids is 3. The van der Waals surface area contributed by atoms with Crippen LogP contribution in [0.5, 0.6) is 0 Å². The van der Waals surface area contributed by atoms with Crippen molar-refractivity contribution in [3.8, 4) is 0 Å². The van der Waals surface area contributed by atoms with E-state index in [0.717, 1.165) is 56.0 Å². The van der Waals surface area contributed by atoms with E-state index in [1.165, 1.54) is 29.1 Å². The minimum absolute atomic E-state index is 0.0646. The topological polar surface area (TPSA) is 73.8 Å². The van der Waals surface area contributed by atoms with E-state index in [0.29, 0.717) is 17.7 Å². The van der Waals surface area contributed by atoms with Crippen LogP contribution in [0.2, 0.25) is 0 Å². The van der Waals surface area contributed by atoms with Gasteiger partial charge in [0, 0.05) is 37.8 Å². The number of piperidine rings is 1. The Morgan fingerprint density at radius 3 is 2.58 bits per heavy atom. The van der Waals surface area contributed by atoms with Gasteiger partial charge in [-0.2, -0.15) is 0 Å². The summed E-state index contributed by atoms with van der Waals surface area (Å²) >= 11 is 1.44. The quantitative estimate of drug-likeness (QED) is 0.634. The second kappa shape index (κ2) is 9.25. The van der Waals surface area contributed by atoms with Crippen LogP contribution in [0.4, 0.5) is 5.69 Å². The number of anilines is 1. The van der Waals surface area contributed by atoms with Crippen molar-refractivity contribution >= 4 is 34.7 Å². The molecular formula is C25H30N4O3S. The van der Waals surface area contributed by atoms with Crippen molar-refractivity contribution in [1.29, 1.82) is 0 Å². The van der Waals surface area contributed by atoms with Crippen molar-refractivity contribution in [1.82, 2.24) is 14.8 Å². The summed E-state index contributed by atoms with van der Waals surface area (Å²) in [6.07, 6.45) is 8.02. The molecule has 3 amide bonds. The zero-order valence-electron chi connectivity index (χ0n) is 19.0. The van der Waals surface area contributed by atoms with Crippen LogP contribution in [0, 0.1) is 5.92 Å². The summed E-state index contributed by atoms with van der Waals surface area (Å²) in [5, 5.41) is 2.59. The van der Waals surface area contributed by atoms with Crippen LogP contribution in [-0.4, -0.2) is 58.7 Å². The Morgan fingerprint density at radius 2 is 1.85 bits per heavy atom. The molecule has 0 spiro atoms. The van der Waals surface area contributed by atoms with Gasteiger partial charge in [0.25, 0.3) is 11.8 Å². The number of amides is 3. The normalized spacial score (nSPS) is 22.3. The number of rotatable bonds is 4. The van der Waals surface area contributed by atoms with Crippen molar-refractivity contribution < 1.29 is 14.4 Å². The molecule has 2 fully saturated rings. The maximum atomic E-state index is 13.5. The summed E-state index contributed by atoms with van der Waals surface area (Å²) in [6, 6.07) is 5.08. The highest BCUT2D eigenvalue weighted by Crippen LogP contribution is 2.38. The highest BCUT2D eigenvalue weighted by atomic mass is 32.1. The Balaban J connectivity index is 1.39. The third-order valence-corrected chi connectivity index (χ3v) is 8.10. The third kappa shape index (κ3) is 4.05. The highest BCUT2D eigenvalue weighted by Gasteiger charge is 2.42. The van der Waals surface area contributed by atoms with Gasteiger partial charge in [-0.3, -0.25) is 19.3 Å². The molecule has 0 saturated carbocycles. The molecule has 2 atom stereocenters. The molecule has 1 aromatic heterocycles. The molecule has 0 aliphatic carbocycles. The predicted molar refractivity (Wildman–Crippen MR) is 127 cm³/mol. The molecule has 5 rings (SSSR count). The number of carbonyl (C=O) groups is 3. The number of hydrogen-bond acceptors (Lipinski definition) is 6. The Labute approximate surface area is 198 Å². The van der Waals surface area contributed by atoms with E-state index in [1.807, 2.05) is 29.3 Å². The summed E-state index contributed by atoms with van der Waals surface area (Å²) in [5.41, 5.74) is 1.68. The fourth-order valence-corrected chi connectivity index (χ4v) is 6.08. The van der Waals surface area contributed by atoms with E-state index in [2.05, 4.69) is 9.88 Å². The average Bonchev–Trinajstić information content (AvgIpc) is 3.36. The first-order valence-corrected chi connectivity index (χ1v) is 12.9. The molecule has 2 aromatic rings.